The summed E-state index contributed by atoms with van der Waals surface area (Å²) in [6.07, 6.45) is 4.51. The van der Waals surface area contributed by atoms with Crippen molar-refractivity contribution in [1.82, 2.24) is 10.4 Å². The van der Waals surface area contributed by atoms with Crippen molar-refractivity contribution in [3.8, 4) is 11.5 Å². The van der Waals surface area contributed by atoms with E-state index in [1.165, 1.54) is 19.5 Å². The van der Waals surface area contributed by atoms with Crippen LogP contribution in [0.4, 0.5) is 0 Å². The molecule has 21 heavy (non-hydrogen) atoms. The van der Waals surface area contributed by atoms with Gasteiger partial charge in [0.2, 0.25) is 0 Å². The Hall–Kier alpha value is -2.16. The number of rotatable bonds is 4. The number of hydrazone groups is 1. The van der Waals surface area contributed by atoms with Crippen LogP contribution in [0.5, 0.6) is 11.5 Å². The summed E-state index contributed by atoms with van der Waals surface area (Å²) in [6.45, 7) is 0. The van der Waals surface area contributed by atoms with Crippen molar-refractivity contribution in [3.63, 3.8) is 0 Å². The molecule has 1 amide bonds. The minimum atomic E-state index is -0.347. The molecule has 0 atom stereocenters. The zero-order chi connectivity index (χ0) is 15.2. The van der Waals surface area contributed by atoms with Gasteiger partial charge >= 0.3 is 0 Å². The van der Waals surface area contributed by atoms with Crippen LogP contribution >= 0.6 is 22.6 Å². The number of nitrogens with zero attached hydrogens (tertiary/aromatic N) is 2. The minimum absolute atomic E-state index is 0.0784. The number of carbonyl (C=O) groups is 1. The van der Waals surface area contributed by atoms with Gasteiger partial charge in [-0.3, -0.25) is 9.78 Å². The fourth-order valence-corrected chi connectivity index (χ4v) is 2.18. The molecule has 2 aromatic rings. The number of amides is 1. The van der Waals surface area contributed by atoms with E-state index in [2.05, 4.69) is 15.5 Å². The standard InChI is InChI=1S/C14H12IN3O3/c1-21-12-6-9(5-11(15)13(12)19)7-17-18-14(20)10-3-2-4-16-8-10/h2-8,19H,1H3,(H,18,20). The fraction of sp³-hybridized carbons (Fsp3) is 0.0714. The van der Waals surface area contributed by atoms with Crippen LogP contribution in [0.3, 0.4) is 0 Å². The Morgan fingerprint density at radius 3 is 3.00 bits per heavy atom. The van der Waals surface area contributed by atoms with Crippen LogP contribution in [0, 0.1) is 3.57 Å². The molecular weight excluding hydrogens is 385 g/mol. The Morgan fingerprint density at radius 1 is 1.52 bits per heavy atom. The number of carbonyl (C=O) groups excluding carboxylic acids is 1. The topological polar surface area (TPSA) is 83.8 Å². The summed E-state index contributed by atoms with van der Waals surface area (Å²) >= 11 is 1.99. The molecule has 108 valence electrons. The molecule has 0 saturated carbocycles. The summed E-state index contributed by atoms with van der Waals surface area (Å²) in [5.41, 5.74) is 3.52. The van der Waals surface area contributed by atoms with Gasteiger partial charge in [0, 0.05) is 12.4 Å². The molecule has 6 nitrogen and oxygen atoms in total. The SMILES string of the molecule is COc1cc(C=NNC(=O)c2cccnc2)cc(I)c1O. The molecule has 1 aromatic carbocycles. The number of benzene rings is 1. The van der Waals surface area contributed by atoms with Crippen LogP contribution in [0.25, 0.3) is 0 Å². The van der Waals surface area contributed by atoms with Crippen molar-refractivity contribution in [2.75, 3.05) is 7.11 Å². The van der Waals surface area contributed by atoms with Crippen molar-refractivity contribution < 1.29 is 14.6 Å². The second kappa shape index (κ2) is 7.02. The number of hydrogen-bond donors (Lipinski definition) is 2. The van der Waals surface area contributed by atoms with Gasteiger partial charge in [-0.2, -0.15) is 5.10 Å². The number of phenolic OH excluding ortho intramolecular Hbond substituents is 1. The van der Waals surface area contributed by atoms with Crippen molar-refractivity contribution in [1.29, 1.82) is 0 Å². The van der Waals surface area contributed by atoms with Gasteiger partial charge in [-0.1, -0.05) is 0 Å². The first-order valence-corrected chi connectivity index (χ1v) is 6.99. The van der Waals surface area contributed by atoms with Crippen LogP contribution in [0.2, 0.25) is 0 Å². The lowest BCUT2D eigenvalue weighted by atomic mass is 10.2. The van der Waals surface area contributed by atoms with Gasteiger partial charge in [-0.25, -0.2) is 5.43 Å². The number of ether oxygens (including phenoxy) is 1. The smallest absolute Gasteiger partial charge is 0.272 e. The van der Waals surface area contributed by atoms with Gasteiger partial charge in [0.25, 0.3) is 5.91 Å². The summed E-state index contributed by atoms with van der Waals surface area (Å²) < 4.78 is 5.68. The third-order valence-corrected chi connectivity index (χ3v) is 3.40. The number of aromatic nitrogens is 1. The number of phenols is 1. The van der Waals surface area contributed by atoms with E-state index in [9.17, 15) is 9.90 Å². The number of pyridine rings is 1. The largest absolute Gasteiger partial charge is 0.504 e. The maximum Gasteiger partial charge on any atom is 0.272 e. The molecule has 0 unspecified atom stereocenters. The maximum absolute atomic E-state index is 11.7. The van der Waals surface area contributed by atoms with Crippen LogP contribution in [-0.4, -0.2) is 29.3 Å². The van der Waals surface area contributed by atoms with Gasteiger partial charge < -0.3 is 9.84 Å². The molecule has 2 rings (SSSR count). The van der Waals surface area contributed by atoms with E-state index in [0.29, 0.717) is 20.4 Å². The number of hydrogen-bond acceptors (Lipinski definition) is 5. The van der Waals surface area contributed by atoms with Crippen LogP contribution in [0.1, 0.15) is 15.9 Å². The van der Waals surface area contributed by atoms with E-state index in [-0.39, 0.29) is 11.7 Å². The lowest BCUT2D eigenvalue weighted by molar-refractivity contribution is 0.0955. The van der Waals surface area contributed by atoms with Gasteiger partial charge in [-0.05, 0) is 52.4 Å². The first-order valence-electron chi connectivity index (χ1n) is 5.91. The summed E-state index contributed by atoms with van der Waals surface area (Å²) in [4.78, 5) is 15.6. The average Bonchev–Trinajstić information content (AvgIpc) is 2.51. The second-order valence-electron chi connectivity index (χ2n) is 3.99. The van der Waals surface area contributed by atoms with Gasteiger partial charge in [-0.15, -0.1) is 0 Å². The lowest BCUT2D eigenvalue weighted by Gasteiger charge is -2.06. The van der Waals surface area contributed by atoms with Crippen molar-refractivity contribution in [2.45, 2.75) is 0 Å². The number of aromatic hydroxyl groups is 1. The highest BCUT2D eigenvalue weighted by molar-refractivity contribution is 14.1. The molecule has 0 fully saturated rings. The molecule has 0 bridgehead atoms. The average molecular weight is 397 g/mol. The second-order valence-corrected chi connectivity index (χ2v) is 5.16. The first-order chi connectivity index (χ1) is 10.1. The van der Waals surface area contributed by atoms with Crippen molar-refractivity contribution >= 4 is 34.7 Å². The Labute approximate surface area is 135 Å². The zero-order valence-electron chi connectivity index (χ0n) is 11.1. The molecular formula is C14H12IN3O3. The number of nitrogens with one attached hydrogen (secondary N) is 1. The van der Waals surface area contributed by atoms with Gasteiger partial charge in [0.15, 0.2) is 11.5 Å². The summed E-state index contributed by atoms with van der Waals surface area (Å²) in [5, 5.41) is 13.6. The third-order valence-electron chi connectivity index (χ3n) is 2.57. The Balaban J connectivity index is 2.08. The molecule has 0 aliphatic rings. The van der Waals surface area contributed by atoms with E-state index in [1.807, 2.05) is 22.6 Å². The van der Waals surface area contributed by atoms with E-state index >= 15 is 0 Å². The predicted molar refractivity (Wildman–Crippen MR) is 86.7 cm³/mol. The molecule has 0 spiro atoms. The molecule has 0 aliphatic heterocycles. The molecule has 7 heteroatoms. The summed E-state index contributed by atoms with van der Waals surface area (Å²) in [6, 6.07) is 6.66. The molecule has 2 N–H and O–H groups in total. The highest BCUT2D eigenvalue weighted by Crippen LogP contribution is 2.31. The Bertz CT molecular complexity index is 675. The quantitative estimate of drug-likeness (QED) is 0.471. The predicted octanol–water partition coefficient (Wildman–Crippen LogP) is 2.16. The van der Waals surface area contributed by atoms with Crippen LogP contribution < -0.4 is 10.2 Å². The minimum Gasteiger partial charge on any atom is -0.504 e. The first kappa shape index (κ1) is 15.2. The highest BCUT2D eigenvalue weighted by atomic mass is 127. The third kappa shape index (κ3) is 3.91. The Kier molecular flexibility index (Phi) is 5.09. The van der Waals surface area contributed by atoms with Crippen molar-refractivity contribution in [3.05, 3.63) is 51.4 Å². The molecule has 1 heterocycles. The zero-order valence-corrected chi connectivity index (χ0v) is 13.2. The molecule has 0 saturated heterocycles. The monoisotopic (exact) mass is 397 g/mol. The van der Waals surface area contributed by atoms with E-state index in [4.69, 9.17) is 4.74 Å². The van der Waals surface area contributed by atoms with Crippen molar-refractivity contribution in [2.24, 2.45) is 5.10 Å². The number of halogens is 1. The van der Waals surface area contributed by atoms with E-state index < -0.39 is 0 Å². The number of methoxy groups -OCH3 is 1. The Morgan fingerprint density at radius 2 is 2.33 bits per heavy atom. The summed E-state index contributed by atoms with van der Waals surface area (Å²) in [5.74, 6) is 0.0800. The fourth-order valence-electron chi connectivity index (χ4n) is 1.55. The molecule has 0 radical (unpaired) electrons. The normalized spacial score (nSPS) is 10.6. The van der Waals surface area contributed by atoms with E-state index in [0.717, 1.165) is 0 Å². The highest BCUT2D eigenvalue weighted by Gasteiger charge is 2.07. The maximum atomic E-state index is 11.7. The van der Waals surface area contributed by atoms with Crippen LogP contribution in [0.15, 0.2) is 41.8 Å². The van der Waals surface area contributed by atoms with E-state index in [1.54, 1.807) is 30.5 Å². The van der Waals surface area contributed by atoms with Gasteiger partial charge in [0.05, 0.1) is 22.5 Å². The lowest BCUT2D eigenvalue weighted by Crippen LogP contribution is -2.17. The molecule has 0 aliphatic carbocycles. The van der Waals surface area contributed by atoms with Gasteiger partial charge in [0.1, 0.15) is 0 Å². The van der Waals surface area contributed by atoms with Crippen LogP contribution in [-0.2, 0) is 0 Å². The summed E-state index contributed by atoms with van der Waals surface area (Å²) in [7, 11) is 1.47. The molecule has 1 aromatic heterocycles.